The first-order valence-electron chi connectivity index (χ1n) is 7.38. The summed E-state index contributed by atoms with van der Waals surface area (Å²) in [4.78, 5) is 0. The predicted molar refractivity (Wildman–Crippen MR) is 91.5 cm³/mol. The lowest BCUT2D eigenvalue weighted by Crippen LogP contribution is -1.88. The smallest absolute Gasteiger partial charge is 0.0154 e. The van der Waals surface area contributed by atoms with Crippen molar-refractivity contribution in [2.75, 3.05) is 0 Å². The van der Waals surface area contributed by atoms with Gasteiger partial charge in [0.1, 0.15) is 0 Å². The van der Waals surface area contributed by atoms with Crippen LogP contribution in [0.4, 0.5) is 0 Å². The molecule has 0 N–H and O–H groups in total. The van der Waals surface area contributed by atoms with Crippen LogP contribution >= 0.6 is 0 Å². The van der Waals surface area contributed by atoms with E-state index in [1.165, 1.54) is 38.9 Å². The number of hydrogen-bond acceptors (Lipinski definition) is 0. The van der Waals surface area contributed by atoms with E-state index in [0.29, 0.717) is 0 Å². The molecular formula is C21H20. The molecule has 0 unspecified atom stereocenters. The summed E-state index contributed by atoms with van der Waals surface area (Å²) in [5.41, 5.74) is 9.11. The van der Waals surface area contributed by atoms with E-state index in [0.717, 1.165) is 0 Å². The maximum absolute atomic E-state index is 2.29. The van der Waals surface area contributed by atoms with E-state index in [9.17, 15) is 0 Å². The highest BCUT2D eigenvalue weighted by Gasteiger charge is 2.06. The van der Waals surface area contributed by atoms with Gasteiger partial charge in [0.15, 0.2) is 0 Å². The first-order valence-corrected chi connectivity index (χ1v) is 7.38. The monoisotopic (exact) mass is 272 g/mol. The third kappa shape index (κ3) is 2.90. The first kappa shape index (κ1) is 13.6. The highest BCUT2D eigenvalue weighted by atomic mass is 14.1. The van der Waals surface area contributed by atoms with Crippen molar-refractivity contribution in [1.29, 1.82) is 0 Å². The van der Waals surface area contributed by atoms with Crippen molar-refractivity contribution < 1.29 is 0 Å². The van der Waals surface area contributed by atoms with E-state index in [4.69, 9.17) is 0 Å². The van der Waals surface area contributed by atoms with Crippen LogP contribution in [-0.4, -0.2) is 0 Å². The zero-order chi connectivity index (χ0) is 14.8. The van der Waals surface area contributed by atoms with Gasteiger partial charge in [-0.2, -0.15) is 0 Å². The summed E-state index contributed by atoms with van der Waals surface area (Å²) in [6, 6.07) is 24.1. The minimum absolute atomic E-state index is 1.27. The van der Waals surface area contributed by atoms with Gasteiger partial charge >= 0.3 is 0 Å². The van der Waals surface area contributed by atoms with Gasteiger partial charge in [-0.3, -0.25) is 0 Å². The van der Waals surface area contributed by atoms with Crippen LogP contribution in [0.3, 0.4) is 0 Å². The molecule has 0 amide bonds. The van der Waals surface area contributed by atoms with Gasteiger partial charge in [-0.1, -0.05) is 66.2 Å². The zero-order valence-electron chi connectivity index (χ0n) is 12.9. The van der Waals surface area contributed by atoms with Gasteiger partial charge in [0.2, 0.25) is 0 Å². The van der Waals surface area contributed by atoms with Crippen molar-refractivity contribution in [2.45, 2.75) is 20.8 Å². The Morgan fingerprint density at radius 1 is 0.524 bits per heavy atom. The highest BCUT2D eigenvalue weighted by Crippen LogP contribution is 2.30. The lowest BCUT2D eigenvalue weighted by atomic mass is 9.94. The van der Waals surface area contributed by atoms with Gasteiger partial charge in [0.25, 0.3) is 0 Å². The lowest BCUT2D eigenvalue weighted by Gasteiger charge is -2.11. The Hall–Kier alpha value is -2.34. The topological polar surface area (TPSA) is 0 Å². The van der Waals surface area contributed by atoms with Crippen LogP contribution in [-0.2, 0) is 0 Å². The second-order valence-electron chi connectivity index (χ2n) is 5.77. The average molecular weight is 272 g/mol. The molecule has 0 atom stereocenters. The third-order valence-electron chi connectivity index (χ3n) is 3.88. The van der Waals surface area contributed by atoms with Gasteiger partial charge in [-0.25, -0.2) is 0 Å². The molecule has 0 spiro atoms. The Kier molecular flexibility index (Phi) is 3.62. The molecule has 3 aromatic rings. The Bertz CT molecular complexity index is 767. The fraction of sp³-hybridized carbons (Fsp3) is 0.143. The van der Waals surface area contributed by atoms with Crippen LogP contribution in [0.25, 0.3) is 22.3 Å². The van der Waals surface area contributed by atoms with Crippen LogP contribution in [0, 0.1) is 20.8 Å². The van der Waals surface area contributed by atoms with Crippen molar-refractivity contribution in [3.05, 3.63) is 83.4 Å². The SMILES string of the molecule is Cc1cc(-c2ccccc2)cc(-c2ccc(C)cc2C)c1. The maximum Gasteiger partial charge on any atom is -0.0154 e. The molecule has 0 fully saturated rings. The van der Waals surface area contributed by atoms with Crippen LogP contribution in [0.1, 0.15) is 16.7 Å². The fourth-order valence-electron chi connectivity index (χ4n) is 2.87. The molecule has 0 bridgehead atoms. The predicted octanol–water partition coefficient (Wildman–Crippen LogP) is 5.95. The Labute approximate surface area is 127 Å². The molecule has 0 aliphatic heterocycles. The lowest BCUT2D eigenvalue weighted by molar-refractivity contribution is 1.37. The third-order valence-corrected chi connectivity index (χ3v) is 3.88. The summed E-state index contributed by atoms with van der Waals surface area (Å²) in [7, 11) is 0. The fourth-order valence-corrected chi connectivity index (χ4v) is 2.87. The minimum atomic E-state index is 1.27. The summed E-state index contributed by atoms with van der Waals surface area (Å²) in [5.74, 6) is 0. The normalized spacial score (nSPS) is 10.6. The van der Waals surface area contributed by atoms with Gasteiger partial charge in [0, 0.05) is 0 Å². The summed E-state index contributed by atoms with van der Waals surface area (Å²) < 4.78 is 0. The van der Waals surface area contributed by atoms with Gasteiger partial charge < -0.3 is 0 Å². The quantitative estimate of drug-likeness (QED) is 0.541. The van der Waals surface area contributed by atoms with Crippen molar-refractivity contribution in [3.8, 4) is 22.3 Å². The number of aryl methyl sites for hydroxylation is 3. The Balaban J connectivity index is 2.14. The van der Waals surface area contributed by atoms with Crippen molar-refractivity contribution in [3.63, 3.8) is 0 Å². The zero-order valence-corrected chi connectivity index (χ0v) is 12.9. The van der Waals surface area contributed by atoms with Crippen LogP contribution in [0.2, 0.25) is 0 Å². The van der Waals surface area contributed by atoms with E-state index in [2.05, 4.69) is 87.5 Å². The molecule has 0 aromatic heterocycles. The largest absolute Gasteiger partial charge is 0.0622 e. The summed E-state index contributed by atoms with van der Waals surface area (Å²) in [5, 5.41) is 0. The molecule has 0 aliphatic rings. The van der Waals surface area contributed by atoms with E-state index >= 15 is 0 Å². The van der Waals surface area contributed by atoms with E-state index in [-0.39, 0.29) is 0 Å². The first-order chi connectivity index (χ1) is 10.1. The van der Waals surface area contributed by atoms with Gasteiger partial charge in [-0.05, 0) is 60.2 Å². The van der Waals surface area contributed by atoms with Gasteiger partial charge in [-0.15, -0.1) is 0 Å². The molecule has 0 nitrogen and oxygen atoms in total. The number of rotatable bonds is 2. The molecule has 3 aromatic carbocycles. The summed E-state index contributed by atoms with van der Waals surface area (Å²) in [6.07, 6.45) is 0. The number of benzene rings is 3. The molecule has 3 rings (SSSR count). The molecule has 0 heteroatoms. The van der Waals surface area contributed by atoms with E-state index < -0.39 is 0 Å². The van der Waals surface area contributed by atoms with Crippen molar-refractivity contribution >= 4 is 0 Å². The number of hydrogen-bond donors (Lipinski definition) is 0. The molecule has 0 saturated heterocycles. The molecule has 0 saturated carbocycles. The van der Waals surface area contributed by atoms with Crippen LogP contribution in [0.15, 0.2) is 66.7 Å². The maximum atomic E-state index is 2.29. The van der Waals surface area contributed by atoms with E-state index in [1.54, 1.807) is 0 Å². The van der Waals surface area contributed by atoms with Crippen molar-refractivity contribution in [2.24, 2.45) is 0 Å². The van der Waals surface area contributed by atoms with Crippen LogP contribution < -0.4 is 0 Å². The molecule has 0 heterocycles. The second kappa shape index (κ2) is 5.57. The minimum Gasteiger partial charge on any atom is -0.0622 e. The van der Waals surface area contributed by atoms with E-state index in [1.807, 2.05) is 0 Å². The summed E-state index contributed by atoms with van der Waals surface area (Å²) in [6.45, 7) is 6.49. The molecule has 21 heavy (non-hydrogen) atoms. The Morgan fingerprint density at radius 3 is 1.95 bits per heavy atom. The van der Waals surface area contributed by atoms with Crippen LogP contribution in [0.5, 0.6) is 0 Å². The highest BCUT2D eigenvalue weighted by molar-refractivity contribution is 5.75. The molecule has 0 aliphatic carbocycles. The standard InChI is InChI=1S/C21H20/c1-15-9-10-21(17(3)11-15)20-13-16(2)12-19(14-20)18-7-5-4-6-8-18/h4-14H,1-3H3. The average Bonchev–Trinajstić information content (AvgIpc) is 2.47. The Morgan fingerprint density at radius 2 is 1.24 bits per heavy atom. The molecule has 104 valence electrons. The summed E-state index contributed by atoms with van der Waals surface area (Å²) >= 11 is 0. The molecule has 0 radical (unpaired) electrons. The van der Waals surface area contributed by atoms with Crippen molar-refractivity contribution in [1.82, 2.24) is 0 Å². The van der Waals surface area contributed by atoms with Gasteiger partial charge in [0.05, 0.1) is 0 Å². The second-order valence-corrected chi connectivity index (χ2v) is 5.77. The molecular weight excluding hydrogens is 252 g/mol.